The molecule has 0 aliphatic rings. The number of anilines is 1. The summed E-state index contributed by atoms with van der Waals surface area (Å²) >= 11 is 7.60. The topological polar surface area (TPSA) is 29.5 Å². The molecule has 1 heterocycles. The second kappa shape index (κ2) is 8.27. The number of para-hydroxylation sites is 1. The van der Waals surface area contributed by atoms with Crippen molar-refractivity contribution in [1.82, 2.24) is 0 Å². The number of hydrogen-bond acceptors (Lipinski definition) is 4. The molecule has 1 atom stereocenters. The van der Waals surface area contributed by atoms with Crippen LogP contribution >= 0.6 is 35.3 Å². The van der Waals surface area contributed by atoms with Crippen LogP contribution in [0.2, 0.25) is 5.02 Å². The first kappa shape index (κ1) is 17.8. The highest BCUT2D eigenvalue weighted by Gasteiger charge is 2.23. The van der Waals surface area contributed by atoms with Crippen molar-refractivity contribution in [3.05, 3.63) is 46.8 Å². The number of carbonyl (C=O) groups excluding carboxylic acids is 1. The van der Waals surface area contributed by atoms with E-state index in [0.717, 1.165) is 11.5 Å². The predicted molar refractivity (Wildman–Crippen MR) is 91.1 cm³/mol. The number of hydrogen-bond donors (Lipinski definition) is 0. The lowest BCUT2D eigenvalue weighted by atomic mass is 10.3. The van der Waals surface area contributed by atoms with E-state index in [1.807, 2.05) is 36.3 Å². The Bertz CT molecular complexity index is 575. The van der Waals surface area contributed by atoms with Gasteiger partial charge in [0.25, 0.3) is 0 Å². The third-order valence-corrected chi connectivity index (χ3v) is 4.20. The Morgan fingerprint density at radius 3 is 2.62 bits per heavy atom. The maximum absolute atomic E-state index is 12.2. The van der Waals surface area contributed by atoms with Gasteiger partial charge in [-0.1, -0.05) is 23.7 Å². The quantitative estimate of drug-likeness (QED) is 0.583. The van der Waals surface area contributed by atoms with Gasteiger partial charge in [0.1, 0.15) is 11.8 Å². The zero-order valence-corrected chi connectivity index (χ0v) is 14.2. The minimum absolute atomic E-state index is 0. The number of nitrogens with zero attached hydrogens (tertiary/aromatic N) is 1. The minimum Gasteiger partial charge on any atom is -0.423 e. The van der Waals surface area contributed by atoms with E-state index in [0.29, 0.717) is 10.8 Å². The summed E-state index contributed by atoms with van der Waals surface area (Å²) in [5.74, 6) is 0.0848. The summed E-state index contributed by atoms with van der Waals surface area (Å²) in [6.07, 6.45) is 0. The van der Waals surface area contributed by atoms with Crippen LogP contribution in [0.5, 0.6) is 5.75 Å². The summed E-state index contributed by atoms with van der Waals surface area (Å²) in [4.78, 5) is 14.2. The number of benzene rings is 1. The van der Waals surface area contributed by atoms with Gasteiger partial charge in [-0.3, -0.25) is 0 Å². The van der Waals surface area contributed by atoms with Crippen molar-refractivity contribution in [3.8, 4) is 5.75 Å². The molecule has 0 bridgehead atoms. The van der Waals surface area contributed by atoms with Crippen molar-refractivity contribution in [3.63, 3.8) is 0 Å². The number of likely N-dealkylation sites (N-methyl/N-ethyl adjacent to an activating group) is 1. The lowest BCUT2D eigenvalue weighted by Crippen LogP contribution is -2.41. The highest BCUT2D eigenvalue weighted by Crippen LogP contribution is 2.26. The second-order valence-corrected chi connectivity index (χ2v) is 5.60. The fourth-order valence-electron chi connectivity index (χ4n) is 1.90. The number of esters is 1. The van der Waals surface area contributed by atoms with Gasteiger partial charge >= 0.3 is 5.97 Å². The van der Waals surface area contributed by atoms with Crippen LogP contribution in [0, 0.1) is 0 Å². The monoisotopic (exact) mass is 345 g/mol. The van der Waals surface area contributed by atoms with Gasteiger partial charge in [0, 0.05) is 6.54 Å². The molecule has 2 rings (SSSR count). The Labute approximate surface area is 139 Å². The zero-order valence-electron chi connectivity index (χ0n) is 11.8. The number of carbonyl (C=O) groups is 1. The Kier molecular flexibility index (Phi) is 7.02. The maximum Gasteiger partial charge on any atom is 0.333 e. The van der Waals surface area contributed by atoms with Gasteiger partial charge in [-0.2, -0.15) is 0 Å². The summed E-state index contributed by atoms with van der Waals surface area (Å²) in [7, 11) is 0. The highest BCUT2D eigenvalue weighted by molar-refractivity contribution is 7.14. The highest BCUT2D eigenvalue weighted by atomic mass is 35.5. The van der Waals surface area contributed by atoms with E-state index in [-0.39, 0.29) is 24.4 Å². The standard InChI is InChI=1S/C15H16ClNO2S.ClH/c1-3-17(14-9-6-10-20-14)11(2)15(18)19-13-8-5-4-7-12(13)16;/h4-11H,3H2,1-2H3;1H. The van der Waals surface area contributed by atoms with E-state index in [4.69, 9.17) is 16.3 Å². The van der Waals surface area contributed by atoms with Crippen LogP contribution < -0.4 is 9.64 Å². The van der Waals surface area contributed by atoms with Crippen molar-refractivity contribution in [2.24, 2.45) is 0 Å². The lowest BCUT2D eigenvalue weighted by molar-refractivity contribution is -0.135. The first-order valence-corrected chi connectivity index (χ1v) is 7.65. The van der Waals surface area contributed by atoms with Crippen LogP contribution in [0.1, 0.15) is 13.8 Å². The van der Waals surface area contributed by atoms with Crippen LogP contribution in [-0.2, 0) is 4.79 Å². The van der Waals surface area contributed by atoms with Gasteiger partial charge in [-0.05, 0) is 43.5 Å². The van der Waals surface area contributed by atoms with E-state index >= 15 is 0 Å². The molecular formula is C15H17Cl2NO2S. The molecular weight excluding hydrogens is 329 g/mol. The summed E-state index contributed by atoms with van der Waals surface area (Å²) in [5.41, 5.74) is 0. The fraction of sp³-hybridized carbons (Fsp3) is 0.267. The SMILES string of the molecule is CCN(c1cccs1)C(C)C(=O)Oc1ccccc1Cl.Cl. The fourth-order valence-corrected chi connectivity index (χ4v) is 2.95. The van der Waals surface area contributed by atoms with Crippen molar-refractivity contribution in [2.45, 2.75) is 19.9 Å². The van der Waals surface area contributed by atoms with E-state index < -0.39 is 0 Å². The van der Waals surface area contributed by atoms with Crippen molar-refractivity contribution >= 4 is 46.3 Å². The van der Waals surface area contributed by atoms with Gasteiger partial charge in [-0.25, -0.2) is 4.79 Å². The van der Waals surface area contributed by atoms with Crippen LogP contribution in [0.4, 0.5) is 5.00 Å². The van der Waals surface area contributed by atoms with Crippen molar-refractivity contribution in [2.75, 3.05) is 11.4 Å². The molecule has 1 aromatic carbocycles. The maximum atomic E-state index is 12.2. The lowest BCUT2D eigenvalue weighted by Gasteiger charge is -2.26. The van der Waals surface area contributed by atoms with Gasteiger partial charge in [0.05, 0.1) is 10.0 Å². The summed E-state index contributed by atoms with van der Waals surface area (Å²) in [6, 6.07) is 10.6. The molecule has 0 N–H and O–H groups in total. The van der Waals surface area contributed by atoms with E-state index in [2.05, 4.69) is 0 Å². The first-order chi connectivity index (χ1) is 9.63. The number of halogens is 2. The summed E-state index contributed by atoms with van der Waals surface area (Å²) in [5, 5.41) is 3.48. The number of thiophene rings is 1. The molecule has 0 saturated heterocycles. The molecule has 0 amide bonds. The number of rotatable bonds is 5. The minimum atomic E-state index is -0.366. The molecule has 2 aromatic rings. The zero-order chi connectivity index (χ0) is 14.5. The molecule has 0 saturated carbocycles. The second-order valence-electron chi connectivity index (χ2n) is 4.26. The molecule has 0 radical (unpaired) electrons. The molecule has 6 heteroatoms. The van der Waals surface area contributed by atoms with Gasteiger partial charge in [0.2, 0.25) is 0 Å². The molecule has 0 spiro atoms. The van der Waals surface area contributed by atoms with Crippen molar-refractivity contribution < 1.29 is 9.53 Å². The summed E-state index contributed by atoms with van der Waals surface area (Å²) in [6.45, 7) is 4.58. The predicted octanol–water partition coefficient (Wildman–Crippen LogP) is 4.64. The molecule has 0 aliphatic heterocycles. The largest absolute Gasteiger partial charge is 0.423 e. The Morgan fingerprint density at radius 2 is 2.05 bits per heavy atom. The molecule has 21 heavy (non-hydrogen) atoms. The van der Waals surface area contributed by atoms with E-state index in [1.165, 1.54) is 0 Å². The van der Waals surface area contributed by atoms with Crippen molar-refractivity contribution in [1.29, 1.82) is 0 Å². The third kappa shape index (κ3) is 4.37. The average Bonchev–Trinajstić information content (AvgIpc) is 2.96. The molecule has 1 aromatic heterocycles. The molecule has 3 nitrogen and oxygen atoms in total. The molecule has 0 aliphatic carbocycles. The van der Waals surface area contributed by atoms with E-state index in [9.17, 15) is 4.79 Å². The first-order valence-electron chi connectivity index (χ1n) is 6.40. The van der Waals surface area contributed by atoms with Gasteiger partial charge in [-0.15, -0.1) is 23.7 Å². The smallest absolute Gasteiger partial charge is 0.333 e. The van der Waals surface area contributed by atoms with E-state index in [1.54, 1.807) is 35.6 Å². The van der Waals surface area contributed by atoms with Crippen LogP contribution in [0.3, 0.4) is 0 Å². The average molecular weight is 346 g/mol. The van der Waals surface area contributed by atoms with Crippen LogP contribution in [0.25, 0.3) is 0 Å². The van der Waals surface area contributed by atoms with Gasteiger partial charge < -0.3 is 9.64 Å². The molecule has 1 unspecified atom stereocenters. The Hall–Kier alpha value is -1.23. The normalized spacial score (nSPS) is 11.4. The third-order valence-electron chi connectivity index (χ3n) is 2.99. The van der Waals surface area contributed by atoms with Crippen LogP contribution in [0.15, 0.2) is 41.8 Å². The summed E-state index contributed by atoms with van der Waals surface area (Å²) < 4.78 is 5.38. The molecule has 114 valence electrons. The Balaban J connectivity index is 0.00000220. The van der Waals surface area contributed by atoms with Crippen LogP contribution in [-0.4, -0.2) is 18.6 Å². The van der Waals surface area contributed by atoms with Gasteiger partial charge in [0.15, 0.2) is 0 Å². The number of ether oxygens (including phenoxy) is 1. The molecule has 0 fully saturated rings. The Morgan fingerprint density at radius 1 is 1.33 bits per heavy atom.